The van der Waals surface area contributed by atoms with Crippen LogP contribution in [0.15, 0.2) is 76.6 Å². The maximum Gasteiger partial charge on any atom is 0.301 e. The summed E-state index contributed by atoms with van der Waals surface area (Å²) in [6.07, 6.45) is 0. The number of aromatic nitrogens is 2. The molecule has 1 fully saturated rings. The molecule has 202 valence electrons. The van der Waals surface area contributed by atoms with Gasteiger partial charge in [0.25, 0.3) is 5.78 Å². The number of rotatable bonds is 6. The number of Topliss-reactive ketones (excluding diaryl/α,β-unsaturated/α-hetero) is 1. The highest BCUT2D eigenvalue weighted by atomic mass is 32.2. The van der Waals surface area contributed by atoms with Gasteiger partial charge in [0.1, 0.15) is 30.5 Å². The van der Waals surface area contributed by atoms with Gasteiger partial charge in [-0.1, -0.05) is 53.4 Å². The first-order valence-corrected chi connectivity index (χ1v) is 13.9. The predicted octanol–water partition coefficient (Wildman–Crippen LogP) is 5.07. The zero-order valence-electron chi connectivity index (χ0n) is 20.6. The Morgan fingerprint density at radius 3 is 2.62 bits per heavy atom. The molecule has 0 aliphatic carbocycles. The molecular weight excluding hydrogens is 557 g/mol. The summed E-state index contributed by atoms with van der Waals surface area (Å²) in [6.45, 7) is 0.725. The Balaban J connectivity index is 1.39. The average molecular weight is 578 g/mol. The van der Waals surface area contributed by atoms with E-state index in [1.807, 2.05) is 0 Å². The topological polar surface area (TPSA) is 122 Å². The third kappa shape index (κ3) is 4.75. The number of ketones is 1. The molecule has 0 saturated carbocycles. The van der Waals surface area contributed by atoms with E-state index in [1.54, 1.807) is 48.5 Å². The van der Waals surface area contributed by atoms with Crippen LogP contribution in [0, 0.1) is 5.82 Å². The number of carbonyl (C=O) groups excluding carboxylic acids is 2. The minimum absolute atomic E-state index is 0.0826. The number of aliphatic hydroxyl groups is 1. The predicted molar refractivity (Wildman–Crippen MR) is 146 cm³/mol. The number of aliphatic hydroxyl groups excluding tert-OH is 1. The Morgan fingerprint density at radius 1 is 1.02 bits per heavy atom. The van der Waals surface area contributed by atoms with Crippen molar-refractivity contribution in [1.82, 2.24) is 10.2 Å². The molecule has 0 bridgehead atoms. The zero-order chi connectivity index (χ0) is 27.8. The van der Waals surface area contributed by atoms with Crippen LogP contribution in [0.1, 0.15) is 22.7 Å². The molecule has 0 unspecified atom stereocenters. The van der Waals surface area contributed by atoms with Crippen LogP contribution in [-0.4, -0.2) is 45.3 Å². The second-order valence-corrected chi connectivity index (χ2v) is 11.0. The summed E-state index contributed by atoms with van der Waals surface area (Å²) in [7, 11) is 0. The summed E-state index contributed by atoms with van der Waals surface area (Å²) in [5, 5.41) is 29.9. The van der Waals surface area contributed by atoms with E-state index in [1.165, 1.54) is 30.0 Å². The minimum Gasteiger partial charge on any atom is -0.508 e. The molecule has 40 heavy (non-hydrogen) atoms. The van der Waals surface area contributed by atoms with Gasteiger partial charge in [0.05, 0.1) is 11.6 Å². The molecule has 1 aromatic heterocycles. The maximum atomic E-state index is 14.1. The molecule has 0 radical (unpaired) electrons. The standard InChI is InChI=1S/C28H20FN3O6S2/c29-19-7-2-1-4-17(19)14-39-28-31-30-27(40-28)32-23(15-5-3-6-18(33)12-15)22(25(35)26(32)36)24(34)16-8-9-20-21(13-16)38-11-10-37-20/h1-9,12-13,23,33-34H,10-11,14H2/t23-/m1/s1. The molecule has 1 amide bonds. The van der Waals surface area contributed by atoms with Gasteiger partial charge in [0, 0.05) is 11.3 Å². The van der Waals surface area contributed by atoms with Gasteiger partial charge >= 0.3 is 5.91 Å². The Morgan fingerprint density at radius 2 is 1.82 bits per heavy atom. The molecular formula is C28H20FN3O6S2. The number of halogens is 1. The van der Waals surface area contributed by atoms with Crippen LogP contribution in [0.5, 0.6) is 17.2 Å². The van der Waals surface area contributed by atoms with Crippen LogP contribution in [0.3, 0.4) is 0 Å². The van der Waals surface area contributed by atoms with E-state index in [4.69, 9.17) is 9.47 Å². The molecule has 3 heterocycles. The Labute approximate surface area is 235 Å². The molecule has 3 aromatic carbocycles. The number of phenols is 1. The van der Waals surface area contributed by atoms with Crippen molar-refractivity contribution in [2.75, 3.05) is 18.1 Å². The molecule has 2 N–H and O–H groups in total. The third-order valence-electron chi connectivity index (χ3n) is 6.36. The van der Waals surface area contributed by atoms with Crippen LogP contribution in [0.25, 0.3) is 5.76 Å². The van der Waals surface area contributed by atoms with E-state index >= 15 is 0 Å². The quantitative estimate of drug-likeness (QED) is 0.106. The lowest BCUT2D eigenvalue weighted by molar-refractivity contribution is -0.132. The van der Waals surface area contributed by atoms with Gasteiger partial charge in [-0.3, -0.25) is 14.5 Å². The van der Waals surface area contributed by atoms with Crippen LogP contribution in [0.4, 0.5) is 9.52 Å². The van der Waals surface area contributed by atoms with Gasteiger partial charge in [-0.15, -0.1) is 10.2 Å². The first-order valence-electron chi connectivity index (χ1n) is 12.1. The number of ether oxygens (including phenoxy) is 2. The van der Waals surface area contributed by atoms with Crippen molar-refractivity contribution in [2.24, 2.45) is 0 Å². The Bertz CT molecular complexity index is 1670. The van der Waals surface area contributed by atoms with Crippen molar-refractivity contribution in [3.63, 3.8) is 0 Å². The number of thioether (sulfide) groups is 1. The first kappa shape index (κ1) is 25.8. The van der Waals surface area contributed by atoms with Crippen LogP contribution in [0.2, 0.25) is 0 Å². The van der Waals surface area contributed by atoms with E-state index in [2.05, 4.69) is 10.2 Å². The van der Waals surface area contributed by atoms with Gasteiger partial charge in [-0.2, -0.15) is 0 Å². The second kappa shape index (κ2) is 10.6. The molecule has 12 heteroatoms. The Kier molecular flexibility index (Phi) is 6.86. The van der Waals surface area contributed by atoms with Crippen LogP contribution in [-0.2, 0) is 15.3 Å². The number of benzene rings is 3. The normalized spacial score (nSPS) is 17.8. The summed E-state index contributed by atoms with van der Waals surface area (Å²) >= 11 is 2.30. The lowest BCUT2D eigenvalue weighted by Crippen LogP contribution is -2.29. The molecule has 2 aliphatic heterocycles. The number of phenolic OH excluding ortho intramolecular Hbond substituents is 1. The molecule has 2 aliphatic rings. The van der Waals surface area contributed by atoms with Crippen molar-refractivity contribution in [2.45, 2.75) is 16.1 Å². The van der Waals surface area contributed by atoms with Gasteiger partial charge in [-0.05, 0) is 47.5 Å². The smallest absolute Gasteiger partial charge is 0.301 e. The third-order valence-corrected chi connectivity index (χ3v) is 8.46. The van der Waals surface area contributed by atoms with E-state index in [9.17, 15) is 24.2 Å². The van der Waals surface area contributed by atoms with Crippen molar-refractivity contribution in [3.8, 4) is 17.2 Å². The SMILES string of the molecule is O=C1C(=O)N(c2nnc(SCc3ccccc3F)s2)[C@H](c2cccc(O)c2)C1=C(O)c1ccc2c(c1)OCCO2. The molecule has 0 spiro atoms. The molecule has 4 aromatic rings. The van der Waals surface area contributed by atoms with Crippen LogP contribution >= 0.6 is 23.1 Å². The fourth-order valence-corrected chi connectivity index (χ4v) is 6.35. The summed E-state index contributed by atoms with van der Waals surface area (Å²) in [4.78, 5) is 27.9. The van der Waals surface area contributed by atoms with Crippen molar-refractivity contribution in [3.05, 3.63) is 94.8 Å². The van der Waals surface area contributed by atoms with Crippen molar-refractivity contribution >= 4 is 45.7 Å². The maximum absolute atomic E-state index is 14.1. The average Bonchev–Trinajstić information content (AvgIpc) is 3.54. The van der Waals surface area contributed by atoms with Crippen molar-refractivity contribution in [1.29, 1.82) is 0 Å². The number of anilines is 1. The second-order valence-electron chi connectivity index (χ2n) is 8.85. The Hall–Kier alpha value is -4.42. The lowest BCUT2D eigenvalue weighted by atomic mass is 9.95. The number of aromatic hydroxyl groups is 1. The lowest BCUT2D eigenvalue weighted by Gasteiger charge is -2.23. The number of hydrogen-bond donors (Lipinski definition) is 2. The largest absolute Gasteiger partial charge is 0.508 e. The summed E-state index contributed by atoms with van der Waals surface area (Å²) in [5.74, 6) is -1.47. The first-order chi connectivity index (χ1) is 19.4. The van der Waals surface area contributed by atoms with Gasteiger partial charge in [-0.25, -0.2) is 4.39 Å². The highest BCUT2D eigenvalue weighted by Crippen LogP contribution is 2.45. The fraction of sp³-hybridized carbons (Fsp3) is 0.143. The van der Waals surface area contributed by atoms with Gasteiger partial charge in [0.15, 0.2) is 15.8 Å². The monoisotopic (exact) mass is 577 g/mol. The van der Waals surface area contributed by atoms with Crippen molar-refractivity contribution < 1.29 is 33.7 Å². The van der Waals surface area contributed by atoms with Crippen LogP contribution < -0.4 is 14.4 Å². The van der Waals surface area contributed by atoms with Gasteiger partial charge in [0.2, 0.25) is 5.13 Å². The number of fused-ring (bicyclic) bond motifs is 1. The highest BCUT2D eigenvalue weighted by Gasteiger charge is 2.48. The number of carbonyl (C=O) groups is 2. The highest BCUT2D eigenvalue weighted by molar-refractivity contribution is 8.00. The number of amides is 1. The summed E-state index contributed by atoms with van der Waals surface area (Å²) in [5.41, 5.74) is 0.951. The van der Waals surface area contributed by atoms with E-state index in [0.717, 1.165) is 16.2 Å². The minimum atomic E-state index is -1.10. The van der Waals surface area contributed by atoms with E-state index < -0.39 is 23.5 Å². The van der Waals surface area contributed by atoms with Gasteiger partial charge < -0.3 is 19.7 Å². The number of nitrogens with zero attached hydrogens (tertiary/aromatic N) is 3. The fourth-order valence-electron chi connectivity index (χ4n) is 4.50. The molecule has 6 rings (SSSR count). The number of hydrogen-bond acceptors (Lipinski definition) is 10. The van der Waals surface area contributed by atoms with E-state index in [-0.39, 0.29) is 27.8 Å². The van der Waals surface area contributed by atoms with E-state index in [0.29, 0.717) is 45.9 Å². The molecule has 1 saturated heterocycles. The molecule has 9 nitrogen and oxygen atoms in total. The summed E-state index contributed by atoms with van der Waals surface area (Å²) < 4.78 is 25.7. The zero-order valence-corrected chi connectivity index (χ0v) is 22.2. The molecule has 1 atom stereocenters. The summed E-state index contributed by atoms with van der Waals surface area (Å²) in [6, 6.07) is 16.1.